The van der Waals surface area contributed by atoms with Gasteiger partial charge < -0.3 is 9.67 Å². The molecule has 0 amide bonds. The predicted molar refractivity (Wildman–Crippen MR) is 94.4 cm³/mol. The van der Waals surface area contributed by atoms with Crippen LogP contribution in [0.5, 0.6) is 0 Å². The Kier molecular flexibility index (Phi) is 4.24. The standard InChI is InChI=1S/C20H15F6NO2/c21-19(22,23)18(29,20(24,25)26)12-7-8-16-15(9-12)13-3-1-2-4-14(13)17(28)27(16)10-11-5-6-11/h1-4,7-9,11,29H,5-6,10H2. The van der Waals surface area contributed by atoms with Gasteiger partial charge in [-0.05, 0) is 42.3 Å². The van der Waals surface area contributed by atoms with E-state index in [9.17, 15) is 36.2 Å². The third-order valence-electron chi connectivity index (χ3n) is 5.36. The van der Waals surface area contributed by atoms with Crippen molar-refractivity contribution in [2.75, 3.05) is 0 Å². The maximum absolute atomic E-state index is 13.3. The molecule has 0 spiro atoms. The molecular formula is C20H15F6NO2. The first kappa shape index (κ1) is 19.8. The van der Waals surface area contributed by atoms with E-state index in [-0.39, 0.29) is 33.2 Å². The monoisotopic (exact) mass is 415 g/mol. The highest BCUT2D eigenvalue weighted by Crippen LogP contribution is 2.50. The molecule has 3 aromatic rings. The summed E-state index contributed by atoms with van der Waals surface area (Å²) in [5, 5.41) is 10.2. The van der Waals surface area contributed by atoms with Gasteiger partial charge >= 0.3 is 12.4 Å². The highest BCUT2D eigenvalue weighted by atomic mass is 19.4. The Balaban J connectivity index is 2.07. The predicted octanol–water partition coefficient (Wildman–Crippen LogP) is 4.88. The summed E-state index contributed by atoms with van der Waals surface area (Å²) in [5.41, 5.74) is -6.48. The molecule has 1 N–H and O–H groups in total. The number of fused-ring (bicyclic) bond motifs is 3. The summed E-state index contributed by atoms with van der Waals surface area (Å²) >= 11 is 0. The van der Waals surface area contributed by atoms with Gasteiger partial charge in [0.15, 0.2) is 0 Å². The maximum atomic E-state index is 13.3. The number of alkyl halides is 6. The molecule has 2 aromatic carbocycles. The summed E-state index contributed by atoms with van der Waals surface area (Å²) in [6.45, 7) is 0.336. The first-order valence-corrected chi connectivity index (χ1v) is 8.87. The third kappa shape index (κ3) is 2.99. The van der Waals surface area contributed by atoms with Crippen molar-refractivity contribution in [3.05, 3.63) is 58.4 Å². The fraction of sp³-hybridized carbons (Fsp3) is 0.350. The fourth-order valence-electron chi connectivity index (χ4n) is 3.60. The van der Waals surface area contributed by atoms with Gasteiger partial charge in [-0.15, -0.1) is 0 Å². The van der Waals surface area contributed by atoms with Crippen LogP contribution in [0.4, 0.5) is 26.3 Å². The van der Waals surface area contributed by atoms with Crippen molar-refractivity contribution in [3.8, 4) is 0 Å². The molecule has 4 rings (SSSR count). The zero-order valence-electron chi connectivity index (χ0n) is 14.8. The fourth-order valence-corrected chi connectivity index (χ4v) is 3.60. The van der Waals surface area contributed by atoms with Crippen LogP contribution in [0.15, 0.2) is 47.3 Å². The molecule has 9 heteroatoms. The van der Waals surface area contributed by atoms with E-state index in [1.807, 2.05) is 0 Å². The number of nitrogens with zero attached hydrogens (tertiary/aromatic N) is 1. The van der Waals surface area contributed by atoms with Crippen molar-refractivity contribution in [1.29, 1.82) is 0 Å². The molecule has 0 saturated heterocycles. The number of hydrogen-bond donors (Lipinski definition) is 1. The van der Waals surface area contributed by atoms with E-state index in [1.165, 1.54) is 16.7 Å². The van der Waals surface area contributed by atoms with Gasteiger partial charge in [-0.25, -0.2) is 0 Å². The average Bonchev–Trinajstić information content (AvgIpc) is 3.46. The van der Waals surface area contributed by atoms with Crippen molar-refractivity contribution >= 4 is 21.7 Å². The molecule has 1 saturated carbocycles. The van der Waals surface area contributed by atoms with Crippen LogP contribution in [0.1, 0.15) is 18.4 Å². The summed E-state index contributed by atoms with van der Waals surface area (Å²) in [5.74, 6) is 0.249. The molecule has 0 radical (unpaired) electrons. The molecule has 0 unspecified atom stereocenters. The number of aliphatic hydroxyl groups is 1. The summed E-state index contributed by atoms with van der Waals surface area (Å²) < 4.78 is 81.2. The van der Waals surface area contributed by atoms with Gasteiger partial charge in [-0.1, -0.05) is 24.3 Å². The zero-order chi connectivity index (χ0) is 21.2. The number of hydrogen-bond acceptors (Lipinski definition) is 2. The lowest BCUT2D eigenvalue weighted by atomic mass is 9.90. The van der Waals surface area contributed by atoms with Crippen LogP contribution in [-0.2, 0) is 12.1 Å². The molecule has 1 aliphatic carbocycles. The van der Waals surface area contributed by atoms with Gasteiger partial charge in [0, 0.05) is 22.9 Å². The van der Waals surface area contributed by atoms with Crippen LogP contribution in [0, 0.1) is 5.92 Å². The second kappa shape index (κ2) is 6.22. The molecule has 1 aliphatic rings. The maximum Gasteiger partial charge on any atom is 0.430 e. The van der Waals surface area contributed by atoms with Crippen LogP contribution in [0.2, 0.25) is 0 Å². The van der Waals surface area contributed by atoms with Gasteiger partial charge in [0.2, 0.25) is 0 Å². The SMILES string of the molecule is O=c1c2ccccc2c2cc(C(O)(C(F)(F)F)C(F)(F)F)ccc2n1CC1CC1. The van der Waals surface area contributed by atoms with Crippen LogP contribution in [0.3, 0.4) is 0 Å². The number of pyridine rings is 1. The Morgan fingerprint density at radius 1 is 0.897 bits per heavy atom. The lowest BCUT2D eigenvalue weighted by Gasteiger charge is -2.33. The molecule has 1 aromatic heterocycles. The Morgan fingerprint density at radius 2 is 1.48 bits per heavy atom. The minimum atomic E-state index is -5.98. The van der Waals surface area contributed by atoms with E-state index in [2.05, 4.69) is 0 Å². The summed E-state index contributed by atoms with van der Waals surface area (Å²) in [6, 6.07) is 8.37. The third-order valence-corrected chi connectivity index (χ3v) is 5.36. The van der Waals surface area contributed by atoms with Crippen LogP contribution in [-0.4, -0.2) is 22.0 Å². The molecule has 1 heterocycles. The average molecular weight is 415 g/mol. The smallest absolute Gasteiger partial charge is 0.369 e. The molecular weight excluding hydrogens is 400 g/mol. The van der Waals surface area contributed by atoms with E-state index in [0.717, 1.165) is 18.9 Å². The molecule has 1 fully saturated rings. The number of benzene rings is 2. The van der Waals surface area contributed by atoms with E-state index in [4.69, 9.17) is 0 Å². The van der Waals surface area contributed by atoms with Crippen LogP contribution >= 0.6 is 0 Å². The molecule has 3 nitrogen and oxygen atoms in total. The summed E-state index contributed by atoms with van der Waals surface area (Å²) in [6.07, 6.45) is -10.1. The quantitative estimate of drug-likeness (QED) is 0.490. The second-order valence-corrected chi connectivity index (χ2v) is 7.34. The molecule has 0 bridgehead atoms. The lowest BCUT2D eigenvalue weighted by molar-refractivity contribution is -0.376. The first-order valence-electron chi connectivity index (χ1n) is 8.87. The van der Waals surface area contributed by atoms with Crippen molar-refractivity contribution in [2.24, 2.45) is 5.92 Å². The zero-order valence-corrected chi connectivity index (χ0v) is 14.8. The van der Waals surface area contributed by atoms with Crippen LogP contribution in [0.25, 0.3) is 21.7 Å². The lowest BCUT2D eigenvalue weighted by Crippen LogP contribution is -2.53. The highest BCUT2D eigenvalue weighted by Gasteiger charge is 2.71. The van der Waals surface area contributed by atoms with Crippen molar-refractivity contribution in [3.63, 3.8) is 0 Å². The molecule has 0 aliphatic heterocycles. The normalized spacial score (nSPS) is 16.0. The molecule has 0 atom stereocenters. The second-order valence-electron chi connectivity index (χ2n) is 7.34. The minimum absolute atomic E-state index is 0.0466. The van der Waals surface area contributed by atoms with Crippen molar-refractivity contribution < 1.29 is 31.4 Å². The largest absolute Gasteiger partial charge is 0.430 e. The summed E-state index contributed by atoms with van der Waals surface area (Å²) in [4.78, 5) is 12.9. The van der Waals surface area contributed by atoms with Crippen molar-refractivity contribution in [1.82, 2.24) is 4.57 Å². The molecule has 29 heavy (non-hydrogen) atoms. The first-order chi connectivity index (χ1) is 13.4. The van der Waals surface area contributed by atoms with Gasteiger partial charge in [0.25, 0.3) is 11.2 Å². The van der Waals surface area contributed by atoms with E-state index in [0.29, 0.717) is 18.7 Å². The Hall–Kier alpha value is -2.55. The van der Waals surface area contributed by atoms with E-state index >= 15 is 0 Å². The number of aromatic nitrogens is 1. The Labute approximate surface area is 160 Å². The highest BCUT2D eigenvalue weighted by molar-refractivity contribution is 6.05. The molecule has 154 valence electrons. The van der Waals surface area contributed by atoms with Gasteiger partial charge in [0.1, 0.15) is 0 Å². The minimum Gasteiger partial charge on any atom is -0.369 e. The Bertz CT molecular complexity index is 1140. The van der Waals surface area contributed by atoms with E-state index < -0.39 is 23.5 Å². The summed E-state index contributed by atoms with van der Waals surface area (Å²) in [7, 11) is 0. The van der Waals surface area contributed by atoms with E-state index in [1.54, 1.807) is 12.1 Å². The Morgan fingerprint density at radius 3 is 2.03 bits per heavy atom. The number of rotatable bonds is 3. The van der Waals surface area contributed by atoms with Crippen molar-refractivity contribution in [2.45, 2.75) is 37.3 Å². The number of halogens is 6. The van der Waals surface area contributed by atoms with Gasteiger partial charge in [-0.3, -0.25) is 4.79 Å². The van der Waals surface area contributed by atoms with Gasteiger partial charge in [-0.2, -0.15) is 26.3 Å². The van der Waals surface area contributed by atoms with Gasteiger partial charge in [0.05, 0.1) is 5.52 Å². The van der Waals surface area contributed by atoms with Crippen LogP contribution < -0.4 is 5.56 Å². The topological polar surface area (TPSA) is 42.2 Å².